The van der Waals surface area contributed by atoms with Gasteiger partial charge < -0.3 is 24.8 Å². The molecule has 0 aromatic heterocycles. The van der Waals surface area contributed by atoms with Crippen LogP contribution in [0.1, 0.15) is 32.6 Å². The van der Waals surface area contributed by atoms with Gasteiger partial charge in [-0.25, -0.2) is 0 Å². The summed E-state index contributed by atoms with van der Waals surface area (Å²) in [5, 5.41) is 13.2. The Morgan fingerprint density at radius 3 is 2.76 bits per heavy atom. The summed E-state index contributed by atoms with van der Waals surface area (Å²) in [7, 11) is 3.79. The fraction of sp³-hybridized carbons (Fsp3) is 1.00. The lowest BCUT2D eigenvalue weighted by Gasteiger charge is -2.29. The monoisotopic (exact) mass is 302 g/mol. The zero-order valence-electron chi connectivity index (χ0n) is 14.0. The number of aliphatic hydroxyl groups is 1. The van der Waals surface area contributed by atoms with Gasteiger partial charge >= 0.3 is 0 Å². The van der Waals surface area contributed by atoms with Crippen molar-refractivity contribution in [2.45, 2.75) is 44.8 Å². The normalized spacial score (nSPS) is 24.4. The summed E-state index contributed by atoms with van der Waals surface area (Å²) in [6.07, 6.45) is 4.91. The van der Waals surface area contributed by atoms with Crippen LogP contribution in [0.25, 0.3) is 0 Å². The highest BCUT2D eigenvalue weighted by Gasteiger charge is 2.22. The molecule has 3 atom stereocenters. The Morgan fingerprint density at radius 2 is 2.05 bits per heavy atom. The van der Waals surface area contributed by atoms with Crippen molar-refractivity contribution in [3.63, 3.8) is 0 Å². The van der Waals surface area contributed by atoms with Gasteiger partial charge in [-0.15, -0.1) is 0 Å². The fourth-order valence-corrected chi connectivity index (χ4v) is 2.72. The zero-order valence-corrected chi connectivity index (χ0v) is 14.0. The van der Waals surface area contributed by atoms with Crippen LogP contribution in [-0.4, -0.2) is 75.8 Å². The predicted molar refractivity (Wildman–Crippen MR) is 85.6 cm³/mol. The number of aliphatic hydroxyl groups excluding tert-OH is 1. The van der Waals surface area contributed by atoms with Gasteiger partial charge in [0, 0.05) is 33.3 Å². The first kappa shape index (κ1) is 18.8. The molecule has 0 aromatic carbocycles. The van der Waals surface area contributed by atoms with Gasteiger partial charge in [0.25, 0.3) is 0 Å². The van der Waals surface area contributed by atoms with Crippen molar-refractivity contribution in [2.24, 2.45) is 5.92 Å². The molecule has 0 saturated heterocycles. The maximum Gasteiger partial charge on any atom is 0.0897 e. The molecule has 0 aliphatic heterocycles. The Kier molecular flexibility index (Phi) is 10.2. The standard InChI is InChI=1S/C16H34N2O3/c1-14-6-4-5-7-16(14)21-13-15(19)12-17-8-9-18(2)10-11-20-3/h14-17,19H,4-13H2,1-3H3. The number of methoxy groups -OCH3 is 1. The van der Waals surface area contributed by atoms with Crippen molar-refractivity contribution in [3.8, 4) is 0 Å². The summed E-state index contributed by atoms with van der Waals surface area (Å²) in [6.45, 7) is 6.81. The van der Waals surface area contributed by atoms with Crippen LogP contribution in [0.4, 0.5) is 0 Å². The van der Waals surface area contributed by atoms with Crippen molar-refractivity contribution in [2.75, 3.05) is 53.6 Å². The number of nitrogens with zero attached hydrogens (tertiary/aromatic N) is 1. The highest BCUT2D eigenvalue weighted by atomic mass is 16.5. The molecule has 1 saturated carbocycles. The molecule has 1 rings (SSSR count). The first-order valence-electron chi connectivity index (χ1n) is 8.31. The maximum atomic E-state index is 9.95. The van der Waals surface area contributed by atoms with Crippen LogP contribution in [0.5, 0.6) is 0 Å². The molecule has 0 spiro atoms. The maximum absolute atomic E-state index is 9.95. The third kappa shape index (κ3) is 8.73. The topological polar surface area (TPSA) is 54.0 Å². The van der Waals surface area contributed by atoms with E-state index in [1.807, 2.05) is 0 Å². The van der Waals surface area contributed by atoms with Crippen LogP contribution >= 0.6 is 0 Å². The molecule has 0 aromatic rings. The lowest BCUT2D eigenvalue weighted by molar-refractivity contribution is -0.0451. The first-order valence-corrected chi connectivity index (χ1v) is 8.31. The van der Waals surface area contributed by atoms with Crippen LogP contribution in [0.15, 0.2) is 0 Å². The molecular weight excluding hydrogens is 268 g/mol. The third-order valence-electron chi connectivity index (χ3n) is 4.26. The molecule has 5 nitrogen and oxygen atoms in total. The zero-order chi connectivity index (χ0) is 15.5. The van der Waals surface area contributed by atoms with Crippen molar-refractivity contribution >= 4 is 0 Å². The largest absolute Gasteiger partial charge is 0.389 e. The molecule has 0 heterocycles. The Morgan fingerprint density at radius 1 is 1.29 bits per heavy atom. The third-order valence-corrected chi connectivity index (χ3v) is 4.26. The van der Waals surface area contributed by atoms with Crippen LogP contribution in [0.2, 0.25) is 0 Å². The fourth-order valence-electron chi connectivity index (χ4n) is 2.72. The van der Waals surface area contributed by atoms with E-state index in [1.165, 1.54) is 19.3 Å². The SMILES string of the molecule is COCCN(C)CCNCC(O)COC1CCCCC1C. The predicted octanol–water partition coefficient (Wildman–Crippen LogP) is 1.11. The minimum atomic E-state index is -0.414. The highest BCUT2D eigenvalue weighted by molar-refractivity contribution is 4.73. The van der Waals surface area contributed by atoms with Crippen molar-refractivity contribution in [1.29, 1.82) is 0 Å². The summed E-state index contributed by atoms with van der Waals surface area (Å²) >= 11 is 0. The Labute approximate surface area is 130 Å². The molecule has 0 bridgehead atoms. The van der Waals surface area contributed by atoms with E-state index in [0.29, 0.717) is 25.2 Å². The number of rotatable bonds is 11. The van der Waals surface area contributed by atoms with Gasteiger partial charge in [-0.3, -0.25) is 0 Å². The van der Waals surface area contributed by atoms with E-state index < -0.39 is 6.10 Å². The van der Waals surface area contributed by atoms with Gasteiger partial charge in [0.05, 0.1) is 25.4 Å². The summed E-state index contributed by atoms with van der Waals surface area (Å²) < 4.78 is 10.9. The molecule has 21 heavy (non-hydrogen) atoms. The second kappa shape index (κ2) is 11.4. The molecule has 126 valence electrons. The minimum Gasteiger partial charge on any atom is -0.389 e. The molecule has 3 unspecified atom stereocenters. The quantitative estimate of drug-likeness (QED) is 0.560. The molecule has 2 N–H and O–H groups in total. The molecule has 1 aliphatic carbocycles. The summed E-state index contributed by atoms with van der Waals surface area (Å²) in [5.74, 6) is 0.633. The highest BCUT2D eigenvalue weighted by Crippen LogP contribution is 2.26. The Hall–Kier alpha value is -0.200. The lowest BCUT2D eigenvalue weighted by Crippen LogP contribution is -2.37. The van der Waals surface area contributed by atoms with Gasteiger partial charge in [-0.2, -0.15) is 0 Å². The van der Waals surface area contributed by atoms with Crippen molar-refractivity contribution < 1.29 is 14.6 Å². The average Bonchev–Trinajstić information content (AvgIpc) is 2.48. The second-order valence-electron chi connectivity index (χ2n) is 6.29. The van der Waals surface area contributed by atoms with E-state index in [4.69, 9.17) is 9.47 Å². The molecule has 1 fully saturated rings. The minimum absolute atomic E-state index is 0.341. The van der Waals surface area contributed by atoms with Crippen LogP contribution < -0.4 is 5.32 Å². The van der Waals surface area contributed by atoms with Gasteiger partial charge in [0.1, 0.15) is 0 Å². The molecule has 1 aliphatic rings. The average molecular weight is 302 g/mol. The van der Waals surface area contributed by atoms with E-state index in [-0.39, 0.29) is 0 Å². The second-order valence-corrected chi connectivity index (χ2v) is 6.29. The molecule has 0 amide bonds. The van der Waals surface area contributed by atoms with E-state index in [1.54, 1.807) is 7.11 Å². The van der Waals surface area contributed by atoms with Crippen LogP contribution in [-0.2, 0) is 9.47 Å². The van der Waals surface area contributed by atoms with Gasteiger partial charge in [0.2, 0.25) is 0 Å². The summed E-state index contributed by atoms with van der Waals surface area (Å²) in [5.41, 5.74) is 0. The number of hydrogen-bond acceptors (Lipinski definition) is 5. The van der Waals surface area contributed by atoms with Crippen molar-refractivity contribution in [1.82, 2.24) is 10.2 Å². The first-order chi connectivity index (χ1) is 10.1. The van der Waals surface area contributed by atoms with E-state index in [2.05, 4.69) is 24.2 Å². The van der Waals surface area contributed by atoms with Crippen molar-refractivity contribution in [3.05, 3.63) is 0 Å². The molecular formula is C16H34N2O3. The lowest BCUT2D eigenvalue weighted by atomic mass is 9.88. The number of nitrogens with one attached hydrogen (secondary N) is 1. The van der Waals surface area contributed by atoms with Crippen LogP contribution in [0, 0.1) is 5.92 Å². The smallest absolute Gasteiger partial charge is 0.0897 e. The van der Waals surface area contributed by atoms with Gasteiger partial charge in [0.15, 0.2) is 0 Å². The Bertz CT molecular complexity index is 254. The summed E-state index contributed by atoms with van der Waals surface area (Å²) in [6, 6.07) is 0. The van der Waals surface area contributed by atoms with E-state index in [9.17, 15) is 5.11 Å². The number of likely N-dealkylation sites (N-methyl/N-ethyl adjacent to an activating group) is 1. The Balaban J connectivity index is 1.99. The molecule has 5 heteroatoms. The number of hydrogen-bond donors (Lipinski definition) is 2. The van der Waals surface area contributed by atoms with Gasteiger partial charge in [-0.05, 0) is 25.8 Å². The van der Waals surface area contributed by atoms with E-state index >= 15 is 0 Å². The summed E-state index contributed by atoms with van der Waals surface area (Å²) in [4.78, 5) is 2.21. The van der Waals surface area contributed by atoms with E-state index in [0.717, 1.165) is 32.7 Å². The van der Waals surface area contributed by atoms with Crippen LogP contribution in [0.3, 0.4) is 0 Å². The van der Waals surface area contributed by atoms with Gasteiger partial charge in [-0.1, -0.05) is 19.8 Å². The molecule has 0 radical (unpaired) electrons. The number of ether oxygens (including phenoxy) is 2.